The van der Waals surface area contributed by atoms with Gasteiger partial charge in [0, 0.05) is 4.70 Å². The van der Waals surface area contributed by atoms with Gasteiger partial charge < -0.3 is 9.84 Å². The first-order valence-electron chi connectivity index (χ1n) is 6.09. The van der Waals surface area contributed by atoms with Crippen LogP contribution >= 0.6 is 11.3 Å². The normalized spacial score (nSPS) is 10.7. The Morgan fingerprint density at radius 2 is 1.90 bits per heavy atom. The van der Waals surface area contributed by atoms with Crippen molar-refractivity contribution in [1.29, 1.82) is 0 Å². The van der Waals surface area contributed by atoms with Crippen molar-refractivity contribution in [2.24, 2.45) is 0 Å². The molecule has 0 saturated heterocycles. The zero-order valence-corrected chi connectivity index (χ0v) is 11.6. The topological polar surface area (TPSA) is 46.5 Å². The Kier molecular flexibility index (Phi) is 3.16. The van der Waals surface area contributed by atoms with Gasteiger partial charge in [-0.3, -0.25) is 0 Å². The summed E-state index contributed by atoms with van der Waals surface area (Å²) in [7, 11) is 1.64. The van der Waals surface area contributed by atoms with Crippen LogP contribution in [0.15, 0.2) is 48.5 Å². The molecule has 0 saturated carbocycles. The molecule has 1 N–H and O–H groups in total. The van der Waals surface area contributed by atoms with E-state index in [1.54, 1.807) is 13.2 Å². The van der Waals surface area contributed by atoms with Gasteiger partial charge in [-0.05, 0) is 40.8 Å². The van der Waals surface area contributed by atoms with Crippen LogP contribution in [0.25, 0.3) is 21.2 Å². The Bertz CT molecular complexity index is 789. The predicted octanol–water partition coefficient (Wildman–Crippen LogP) is 4.28. The number of aromatic carboxylic acids is 1. The summed E-state index contributed by atoms with van der Waals surface area (Å²) < 4.78 is 6.20. The molecule has 3 rings (SSSR count). The van der Waals surface area contributed by atoms with E-state index in [0.29, 0.717) is 4.88 Å². The first-order chi connectivity index (χ1) is 9.67. The van der Waals surface area contributed by atoms with Crippen LogP contribution < -0.4 is 4.74 Å². The molecule has 4 heteroatoms. The minimum atomic E-state index is -0.880. The highest BCUT2D eigenvalue weighted by molar-refractivity contribution is 7.20. The number of hydrogen-bond acceptors (Lipinski definition) is 3. The third-order valence-corrected chi connectivity index (χ3v) is 4.22. The summed E-state index contributed by atoms with van der Waals surface area (Å²) in [5.41, 5.74) is 2.10. The summed E-state index contributed by atoms with van der Waals surface area (Å²) in [6.07, 6.45) is 0. The molecule has 0 bridgehead atoms. The number of methoxy groups -OCH3 is 1. The highest BCUT2D eigenvalue weighted by atomic mass is 32.1. The molecule has 0 atom stereocenters. The largest absolute Gasteiger partial charge is 0.497 e. The lowest BCUT2D eigenvalue weighted by Crippen LogP contribution is -1.89. The zero-order valence-electron chi connectivity index (χ0n) is 10.8. The quantitative estimate of drug-likeness (QED) is 0.781. The standard InChI is InChI=1S/C16H12O3S/c1-19-13-4-2-3-10(7-13)11-5-6-12-9-15(16(17)18)20-14(12)8-11/h2-9H,1H3,(H,17,18). The summed E-state index contributed by atoms with van der Waals surface area (Å²) in [6.45, 7) is 0. The number of carboxylic acids is 1. The Labute approximate surface area is 120 Å². The van der Waals surface area contributed by atoms with Crippen LogP contribution in [-0.2, 0) is 0 Å². The number of hydrogen-bond donors (Lipinski definition) is 1. The maximum atomic E-state index is 11.0. The number of thiophene rings is 1. The van der Waals surface area contributed by atoms with Crippen LogP contribution in [0, 0.1) is 0 Å². The SMILES string of the molecule is COc1cccc(-c2ccc3cc(C(=O)O)sc3c2)c1. The van der Waals surface area contributed by atoms with E-state index in [4.69, 9.17) is 9.84 Å². The molecular weight excluding hydrogens is 272 g/mol. The van der Waals surface area contributed by atoms with Gasteiger partial charge in [0.05, 0.1) is 7.11 Å². The second-order valence-electron chi connectivity index (χ2n) is 4.40. The molecule has 100 valence electrons. The molecule has 0 aliphatic rings. The van der Waals surface area contributed by atoms with Crippen molar-refractivity contribution in [3.63, 3.8) is 0 Å². The van der Waals surface area contributed by atoms with E-state index in [1.807, 2.05) is 42.5 Å². The van der Waals surface area contributed by atoms with Crippen LogP contribution in [0.5, 0.6) is 5.75 Å². The maximum Gasteiger partial charge on any atom is 0.345 e. The van der Waals surface area contributed by atoms with Gasteiger partial charge in [0.25, 0.3) is 0 Å². The molecule has 0 amide bonds. The van der Waals surface area contributed by atoms with Gasteiger partial charge in [-0.2, -0.15) is 0 Å². The van der Waals surface area contributed by atoms with Crippen molar-refractivity contribution in [3.05, 3.63) is 53.4 Å². The number of ether oxygens (including phenoxy) is 1. The fourth-order valence-corrected chi connectivity index (χ4v) is 3.06. The van der Waals surface area contributed by atoms with Gasteiger partial charge in [0.2, 0.25) is 0 Å². The third kappa shape index (κ3) is 2.26. The van der Waals surface area contributed by atoms with E-state index in [9.17, 15) is 4.79 Å². The van der Waals surface area contributed by atoms with Gasteiger partial charge in [0.1, 0.15) is 10.6 Å². The Balaban J connectivity index is 2.09. The maximum absolute atomic E-state index is 11.0. The van der Waals surface area contributed by atoms with Crippen molar-refractivity contribution in [3.8, 4) is 16.9 Å². The van der Waals surface area contributed by atoms with Crippen LogP contribution in [0.1, 0.15) is 9.67 Å². The fourth-order valence-electron chi connectivity index (χ4n) is 2.12. The summed E-state index contributed by atoms with van der Waals surface area (Å²) in [5, 5.41) is 9.99. The van der Waals surface area contributed by atoms with Crippen LogP contribution in [0.4, 0.5) is 0 Å². The van der Waals surface area contributed by atoms with Crippen molar-refractivity contribution in [2.75, 3.05) is 7.11 Å². The highest BCUT2D eigenvalue weighted by Gasteiger charge is 2.09. The first-order valence-corrected chi connectivity index (χ1v) is 6.90. The summed E-state index contributed by atoms with van der Waals surface area (Å²) >= 11 is 1.29. The summed E-state index contributed by atoms with van der Waals surface area (Å²) in [4.78, 5) is 11.4. The number of fused-ring (bicyclic) bond motifs is 1. The minimum absolute atomic E-state index is 0.364. The van der Waals surface area contributed by atoms with Crippen molar-refractivity contribution < 1.29 is 14.6 Å². The van der Waals surface area contributed by atoms with Gasteiger partial charge in [-0.15, -0.1) is 11.3 Å². The van der Waals surface area contributed by atoms with Crippen LogP contribution in [-0.4, -0.2) is 18.2 Å². The molecule has 3 nitrogen and oxygen atoms in total. The molecule has 1 aromatic heterocycles. The molecule has 0 aliphatic heterocycles. The summed E-state index contributed by atoms with van der Waals surface area (Å²) in [6, 6.07) is 15.5. The highest BCUT2D eigenvalue weighted by Crippen LogP contribution is 2.31. The summed E-state index contributed by atoms with van der Waals surface area (Å²) in [5.74, 6) is -0.0749. The molecule has 3 aromatic rings. The molecule has 20 heavy (non-hydrogen) atoms. The van der Waals surface area contributed by atoms with Crippen molar-refractivity contribution >= 4 is 27.4 Å². The van der Waals surface area contributed by atoms with Gasteiger partial charge >= 0.3 is 5.97 Å². The lowest BCUT2D eigenvalue weighted by molar-refractivity contribution is 0.0702. The monoisotopic (exact) mass is 284 g/mol. The number of rotatable bonds is 3. The van der Waals surface area contributed by atoms with Crippen molar-refractivity contribution in [2.45, 2.75) is 0 Å². The third-order valence-electron chi connectivity index (χ3n) is 3.13. The Hall–Kier alpha value is -2.33. The van der Waals surface area contributed by atoms with Gasteiger partial charge in [-0.25, -0.2) is 4.79 Å². The minimum Gasteiger partial charge on any atom is -0.497 e. The lowest BCUT2D eigenvalue weighted by Gasteiger charge is -2.04. The Morgan fingerprint density at radius 3 is 2.65 bits per heavy atom. The molecule has 1 heterocycles. The Morgan fingerprint density at radius 1 is 1.10 bits per heavy atom. The second-order valence-corrected chi connectivity index (χ2v) is 5.48. The van der Waals surface area contributed by atoms with E-state index >= 15 is 0 Å². The number of carboxylic acid groups (broad SMARTS) is 1. The van der Waals surface area contributed by atoms with E-state index in [1.165, 1.54) is 11.3 Å². The molecular formula is C16H12O3S. The molecule has 0 aliphatic carbocycles. The molecule has 0 radical (unpaired) electrons. The number of benzene rings is 2. The molecule has 2 aromatic carbocycles. The number of carbonyl (C=O) groups is 1. The molecule has 0 spiro atoms. The second kappa shape index (κ2) is 4.98. The zero-order chi connectivity index (χ0) is 14.1. The smallest absolute Gasteiger partial charge is 0.345 e. The average molecular weight is 284 g/mol. The first kappa shape index (κ1) is 12.7. The van der Waals surface area contributed by atoms with E-state index in [0.717, 1.165) is 27.0 Å². The fraction of sp³-hybridized carbons (Fsp3) is 0.0625. The van der Waals surface area contributed by atoms with Gasteiger partial charge in [-0.1, -0.05) is 24.3 Å². The van der Waals surface area contributed by atoms with E-state index in [2.05, 4.69) is 0 Å². The van der Waals surface area contributed by atoms with Crippen molar-refractivity contribution in [1.82, 2.24) is 0 Å². The molecule has 0 unspecified atom stereocenters. The lowest BCUT2D eigenvalue weighted by atomic mass is 10.0. The van der Waals surface area contributed by atoms with E-state index < -0.39 is 5.97 Å². The van der Waals surface area contributed by atoms with Crippen LogP contribution in [0.2, 0.25) is 0 Å². The van der Waals surface area contributed by atoms with Gasteiger partial charge in [0.15, 0.2) is 0 Å². The predicted molar refractivity (Wildman–Crippen MR) is 80.8 cm³/mol. The van der Waals surface area contributed by atoms with Crippen LogP contribution in [0.3, 0.4) is 0 Å². The average Bonchev–Trinajstić information content (AvgIpc) is 2.90. The van der Waals surface area contributed by atoms with E-state index in [-0.39, 0.29) is 0 Å². The molecule has 0 fully saturated rings.